The molecule has 0 heterocycles. The minimum absolute atomic E-state index is 0.139. The predicted molar refractivity (Wildman–Crippen MR) is 107 cm³/mol. The number of carboxylic acid groups (broad SMARTS) is 1. The van der Waals surface area contributed by atoms with Crippen LogP contribution in [0.15, 0.2) is 34.8 Å². The van der Waals surface area contributed by atoms with Gasteiger partial charge in [-0.15, -0.1) is 0 Å². The molecule has 4 N–H and O–H groups in total. The monoisotopic (exact) mass is 603 g/mol. The molecule has 0 aromatic heterocycles. The minimum Gasteiger partial charge on any atom is -0.507 e. The number of ether oxygens (including phenoxy) is 1. The molecule has 122 valence electrons. The van der Waals surface area contributed by atoms with E-state index >= 15 is 0 Å². The quantitative estimate of drug-likeness (QED) is 0.448. The molecule has 0 radical (unpaired) electrons. The number of benzene rings is 2. The zero-order chi connectivity index (χ0) is 17.1. The number of nitrogens with two attached hydrogens (primary N) is 1. The van der Waals surface area contributed by atoms with E-state index in [1.807, 2.05) is 12.1 Å². The van der Waals surface area contributed by atoms with Crippen LogP contribution in [0, 0.1) is 7.14 Å². The number of rotatable bonds is 5. The SMILES string of the molecule is N[C@@H](Cc1cc(I)c(Oc2ccc(O)c(Br)c2)c(I)c1)C(=O)O. The van der Waals surface area contributed by atoms with Gasteiger partial charge in [-0.1, -0.05) is 0 Å². The fourth-order valence-electron chi connectivity index (χ4n) is 1.84. The Morgan fingerprint density at radius 1 is 1.26 bits per heavy atom. The zero-order valence-corrected chi connectivity index (χ0v) is 17.5. The second kappa shape index (κ2) is 7.99. The van der Waals surface area contributed by atoms with Crippen molar-refractivity contribution >= 4 is 67.1 Å². The lowest BCUT2D eigenvalue weighted by Gasteiger charge is -2.13. The fourth-order valence-corrected chi connectivity index (χ4v) is 4.31. The third-order valence-corrected chi connectivity index (χ3v) is 5.21. The molecule has 23 heavy (non-hydrogen) atoms. The van der Waals surface area contributed by atoms with Crippen LogP contribution in [0.5, 0.6) is 17.2 Å². The first kappa shape index (κ1) is 18.7. The molecule has 0 aliphatic rings. The molecule has 2 aromatic carbocycles. The van der Waals surface area contributed by atoms with E-state index in [1.165, 1.54) is 0 Å². The fraction of sp³-hybridized carbons (Fsp3) is 0.133. The van der Waals surface area contributed by atoms with Gasteiger partial charge in [-0.3, -0.25) is 4.79 Å². The van der Waals surface area contributed by atoms with Gasteiger partial charge < -0.3 is 20.7 Å². The van der Waals surface area contributed by atoms with E-state index in [0.717, 1.165) is 12.7 Å². The van der Waals surface area contributed by atoms with Crippen LogP contribution >= 0.6 is 61.1 Å². The Kier molecular flexibility index (Phi) is 6.51. The molecular formula is C15H12BrI2NO4. The molecule has 0 saturated heterocycles. The van der Waals surface area contributed by atoms with Crippen molar-refractivity contribution in [3.8, 4) is 17.2 Å². The summed E-state index contributed by atoms with van der Waals surface area (Å²) in [5, 5.41) is 18.4. The van der Waals surface area contributed by atoms with E-state index in [0.29, 0.717) is 16.0 Å². The number of hydrogen-bond donors (Lipinski definition) is 3. The van der Waals surface area contributed by atoms with E-state index in [2.05, 4.69) is 61.1 Å². The molecule has 0 bridgehead atoms. The summed E-state index contributed by atoms with van der Waals surface area (Å²) >= 11 is 7.52. The molecule has 2 aromatic rings. The van der Waals surface area contributed by atoms with Gasteiger partial charge in [0.05, 0.1) is 11.6 Å². The third kappa shape index (κ3) is 4.94. The lowest BCUT2D eigenvalue weighted by atomic mass is 10.1. The predicted octanol–water partition coefficient (Wildman–Crippen LogP) is 4.11. The van der Waals surface area contributed by atoms with Crippen LogP contribution in [-0.4, -0.2) is 22.2 Å². The second-order valence-corrected chi connectivity index (χ2v) is 7.93. The molecule has 0 aliphatic carbocycles. The van der Waals surface area contributed by atoms with E-state index in [4.69, 9.17) is 15.6 Å². The summed E-state index contributed by atoms with van der Waals surface area (Å²) in [7, 11) is 0. The molecule has 5 nitrogen and oxygen atoms in total. The van der Waals surface area contributed by atoms with Crippen molar-refractivity contribution in [1.82, 2.24) is 0 Å². The van der Waals surface area contributed by atoms with Crippen LogP contribution in [0.2, 0.25) is 0 Å². The molecule has 1 atom stereocenters. The number of carbonyl (C=O) groups is 1. The van der Waals surface area contributed by atoms with Crippen LogP contribution < -0.4 is 10.5 Å². The highest BCUT2D eigenvalue weighted by atomic mass is 127. The van der Waals surface area contributed by atoms with E-state index in [9.17, 15) is 9.90 Å². The summed E-state index contributed by atoms with van der Waals surface area (Å²) in [6.07, 6.45) is 0.256. The molecule has 0 spiro atoms. The van der Waals surface area contributed by atoms with Crippen LogP contribution in [0.4, 0.5) is 0 Å². The van der Waals surface area contributed by atoms with Crippen LogP contribution in [-0.2, 0) is 11.2 Å². The van der Waals surface area contributed by atoms with Gasteiger partial charge >= 0.3 is 5.97 Å². The van der Waals surface area contributed by atoms with Crippen LogP contribution in [0.3, 0.4) is 0 Å². The lowest BCUT2D eigenvalue weighted by molar-refractivity contribution is -0.138. The Labute approximate surface area is 168 Å². The van der Waals surface area contributed by atoms with Crippen molar-refractivity contribution in [3.63, 3.8) is 0 Å². The number of aliphatic carboxylic acids is 1. The molecule has 8 heteroatoms. The number of phenols is 1. The molecule has 2 rings (SSSR count). The van der Waals surface area contributed by atoms with E-state index in [1.54, 1.807) is 18.2 Å². The molecular weight excluding hydrogens is 592 g/mol. The smallest absolute Gasteiger partial charge is 0.320 e. The largest absolute Gasteiger partial charge is 0.507 e. The Morgan fingerprint density at radius 2 is 1.87 bits per heavy atom. The second-order valence-electron chi connectivity index (χ2n) is 4.75. The van der Waals surface area contributed by atoms with E-state index < -0.39 is 12.0 Å². The Bertz CT molecular complexity index is 731. The molecule has 0 amide bonds. The van der Waals surface area contributed by atoms with Crippen molar-refractivity contribution in [2.24, 2.45) is 5.73 Å². The summed E-state index contributed by atoms with van der Waals surface area (Å²) < 4.78 is 8.13. The first-order valence-electron chi connectivity index (χ1n) is 6.40. The standard InChI is InChI=1S/C15H12BrI2NO4/c16-9-6-8(1-2-13(9)20)23-14-10(17)3-7(4-11(14)18)5-12(19)15(21)22/h1-4,6,12,20H,5,19H2,(H,21,22)/t12-/m0/s1. The van der Waals surface area contributed by atoms with Gasteiger partial charge in [0, 0.05) is 0 Å². The van der Waals surface area contributed by atoms with E-state index in [-0.39, 0.29) is 12.2 Å². The maximum Gasteiger partial charge on any atom is 0.320 e. The van der Waals surface area contributed by atoms with Gasteiger partial charge in [-0.2, -0.15) is 0 Å². The number of halogens is 3. The minimum atomic E-state index is -1.02. The highest BCUT2D eigenvalue weighted by Crippen LogP contribution is 2.35. The van der Waals surface area contributed by atoms with Crippen molar-refractivity contribution < 1.29 is 19.7 Å². The molecule has 0 aliphatic heterocycles. The average molecular weight is 604 g/mol. The van der Waals surface area contributed by atoms with Crippen molar-refractivity contribution in [2.75, 3.05) is 0 Å². The van der Waals surface area contributed by atoms with Crippen LogP contribution in [0.1, 0.15) is 5.56 Å². The maximum absolute atomic E-state index is 10.9. The Hall–Kier alpha value is -0.590. The third-order valence-electron chi connectivity index (χ3n) is 2.97. The first-order valence-corrected chi connectivity index (χ1v) is 9.35. The summed E-state index contributed by atoms with van der Waals surface area (Å²) in [5.41, 5.74) is 6.42. The number of aromatic hydroxyl groups is 1. The topological polar surface area (TPSA) is 92.8 Å². The summed E-state index contributed by atoms with van der Waals surface area (Å²) in [6.45, 7) is 0. The first-order chi connectivity index (χ1) is 10.8. The normalized spacial score (nSPS) is 12.0. The van der Waals surface area contributed by atoms with Crippen molar-refractivity contribution in [3.05, 3.63) is 47.5 Å². The number of carboxylic acids is 1. The maximum atomic E-state index is 10.9. The van der Waals surface area contributed by atoms with Gasteiger partial charge in [-0.05, 0) is 103 Å². The van der Waals surface area contributed by atoms with Gasteiger partial charge in [0.2, 0.25) is 0 Å². The molecule has 0 saturated carbocycles. The van der Waals surface area contributed by atoms with Gasteiger partial charge in [0.15, 0.2) is 5.75 Å². The van der Waals surface area contributed by atoms with Crippen molar-refractivity contribution in [2.45, 2.75) is 12.5 Å². The Morgan fingerprint density at radius 3 is 2.39 bits per heavy atom. The summed E-state index contributed by atoms with van der Waals surface area (Å²) in [4.78, 5) is 10.9. The number of phenolic OH excluding ortho intramolecular Hbond substituents is 1. The van der Waals surface area contributed by atoms with Gasteiger partial charge in [0.25, 0.3) is 0 Å². The average Bonchev–Trinajstić information content (AvgIpc) is 2.46. The summed E-state index contributed by atoms with van der Waals surface area (Å²) in [6, 6.07) is 7.67. The summed E-state index contributed by atoms with van der Waals surface area (Å²) in [5.74, 6) is 0.376. The van der Waals surface area contributed by atoms with Crippen molar-refractivity contribution in [1.29, 1.82) is 0 Å². The number of hydrogen-bond acceptors (Lipinski definition) is 4. The van der Waals surface area contributed by atoms with Gasteiger partial charge in [-0.25, -0.2) is 0 Å². The lowest BCUT2D eigenvalue weighted by Crippen LogP contribution is -2.32. The van der Waals surface area contributed by atoms with Gasteiger partial charge in [0.1, 0.15) is 17.5 Å². The molecule has 0 unspecified atom stereocenters. The zero-order valence-electron chi connectivity index (χ0n) is 11.6. The highest BCUT2D eigenvalue weighted by molar-refractivity contribution is 14.1. The molecule has 0 fully saturated rings. The highest BCUT2D eigenvalue weighted by Gasteiger charge is 2.16. The Balaban J connectivity index is 2.26. The van der Waals surface area contributed by atoms with Crippen LogP contribution in [0.25, 0.3) is 0 Å².